The lowest BCUT2D eigenvalue weighted by Crippen LogP contribution is -2.27. The summed E-state index contributed by atoms with van der Waals surface area (Å²) in [6, 6.07) is 1.34. The number of unbranched alkanes of at least 4 members (excludes halogenated alkanes) is 16. The van der Waals surface area contributed by atoms with Crippen LogP contribution in [0.5, 0.6) is 0 Å². The second-order valence-corrected chi connectivity index (χ2v) is 12.8. The molecule has 0 aliphatic carbocycles. The van der Waals surface area contributed by atoms with Gasteiger partial charge in [-0.1, -0.05) is 116 Å². The molecule has 0 unspecified atom stereocenters. The minimum Gasteiger partial charge on any atom is -0.420 e. The van der Waals surface area contributed by atoms with Crippen LogP contribution in [0.1, 0.15) is 116 Å². The third-order valence-corrected chi connectivity index (χ3v) is 8.10. The van der Waals surface area contributed by atoms with Gasteiger partial charge in [-0.05, 0) is 19.1 Å². The Morgan fingerprint density at radius 3 is 1.08 bits per heavy atom. The van der Waals surface area contributed by atoms with Gasteiger partial charge in [0.25, 0.3) is 0 Å². The Kier molecular flexibility index (Phi) is 18.1. The quantitative estimate of drug-likeness (QED) is 0.166. The van der Waals surface area contributed by atoms with Crippen LogP contribution in [0.15, 0.2) is 0 Å². The zero-order valence-electron chi connectivity index (χ0n) is 17.6. The van der Waals surface area contributed by atoms with E-state index in [2.05, 4.69) is 20.0 Å². The van der Waals surface area contributed by atoms with Crippen LogP contribution in [0.3, 0.4) is 0 Å². The number of hydrogen-bond donors (Lipinski definition) is 0. The normalized spacial score (nSPS) is 12.0. The van der Waals surface area contributed by atoms with Gasteiger partial charge in [0.1, 0.15) is 0 Å². The molecule has 0 saturated heterocycles. The van der Waals surface area contributed by atoms with E-state index in [0.717, 1.165) is 0 Å². The van der Waals surface area contributed by atoms with Gasteiger partial charge in [0.2, 0.25) is 0 Å². The van der Waals surface area contributed by atoms with Crippen molar-refractivity contribution in [1.29, 1.82) is 0 Å². The van der Waals surface area contributed by atoms with Crippen LogP contribution < -0.4 is 0 Å². The third-order valence-electron chi connectivity index (χ3n) is 5.43. The van der Waals surface area contributed by atoms with Gasteiger partial charge in [-0.25, -0.2) is 0 Å². The fourth-order valence-corrected chi connectivity index (χ4v) is 4.68. The Bertz CT molecular complexity index is 240. The standard InChI is InChI=1S/C22H48OSi/c1-5-6-7-8-9-10-11-12-13-14-15-16-17-18-19-20-21-22-24(3,4)23-2/h5-22H2,1-4H3. The van der Waals surface area contributed by atoms with Crippen molar-refractivity contribution in [3.63, 3.8) is 0 Å². The maximum Gasteiger partial charge on any atom is 0.186 e. The molecule has 24 heavy (non-hydrogen) atoms. The van der Waals surface area contributed by atoms with Gasteiger partial charge in [-0.15, -0.1) is 0 Å². The second kappa shape index (κ2) is 18.0. The first kappa shape index (κ1) is 24.2. The highest BCUT2D eigenvalue weighted by Gasteiger charge is 2.18. The van der Waals surface area contributed by atoms with Crippen molar-refractivity contribution in [3.8, 4) is 0 Å². The van der Waals surface area contributed by atoms with E-state index in [0.29, 0.717) is 0 Å². The zero-order valence-corrected chi connectivity index (χ0v) is 18.6. The summed E-state index contributed by atoms with van der Waals surface area (Å²) in [5.41, 5.74) is 0. The number of hydrogen-bond acceptors (Lipinski definition) is 1. The van der Waals surface area contributed by atoms with Gasteiger partial charge in [-0.2, -0.15) is 0 Å². The first-order chi connectivity index (χ1) is 11.6. The molecule has 0 N–H and O–H groups in total. The highest BCUT2D eigenvalue weighted by atomic mass is 28.4. The maximum absolute atomic E-state index is 5.61. The van der Waals surface area contributed by atoms with Crippen molar-refractivity contribution < 1.29 is 4.43 Å². The summed E-state index contributed by atoms with van der Waals surface area (Å²) in [6.45, 7) is 6.96. The van der Waals surface area contributed by atoms with Crippen molar-refractivity contribution in [3.05, 3.63) is 0 Å². The van der Waals surface area contributed by atoms with Crippen LogP contribution in [0.4, 0.5) is 0 Å². The van der Waals surface area contributed by atoms with Gasteiger partial charge < -0.3 is 4.43 Å². The van der Waals surface area contributed by atoms with Crippen LogP contribution in [-0.2, 0) is 4.43 Å². The molecule has 0 heterocycles. The molecule has 0 atom stereocenters. The highest BCUT2D eigenvalue weighted by molar-refractivity contribution is 6.71. The minimum atomic E-state index is -1.29. The smallest absolute Gasteiger partial charge is 0.186 e. The monoisotopic (exact) mass is 356 g/mol. The highest BCUT2D eigenvalue weighted by Crippen LogP contribution is 2.17. The molecule has 0 aromatic heterocycles. The van der Waals surface area contributed by atoms with Crippen LogP contribution in [0.2, 0.25) is 19.1 Å². The molecule has 0 saturated carbocycles. The van der Waals surface area contributed by atoms with E-state index < -0.39 is 8.32 Å². The average molecular weight is 357 g/mol. The van der Waals surface area contributed by atoms with Crippen molar-refractivity contribution >= 4 is 8.32 Å². The molecule has 0 rings (SSSR count). The van der Waals surface area contributed by atoms with Gasteiger partial charge in [0.15, 0.2) is 8.32 Å². The fraction of sp³-hybridized carbons (Fsp3) is 1.00. The van der Waals surface area contributed by atoms with E-state index >= 15 is 0 Å². The summed E-state index contributed by atoms with van der Waals surface area (Å²) in [7, 11) is 0.602. The van der Waals surface area contributed by atoms with Crippen LogP contribution >= 0.6 is 0 Å². The lowest BCUT2D eigenvalue weighted by atomic mass is 10.0. The largest absolute Gasteiger partial charge is 0.420 e. The molecule has 0 aromatic rings. The molecule has 0 amide bonds. The lowest BCUT2D eigenvalue weighted by Gasteiger charge is -2.19. The van der Waals surface area contributed by atoms with Gasteiger partial charge >= 0.3 is 0 Å². The van der Waals surface area contributed by atoms with Gasteiger partial charge in [0.05, 0.1) is 0 Å². The fourth-order valence-electron chi connectivity index (χ4n) is 3.38. The summed E-state index contributed by atoms with van der Waals surface area (Å²) >= 11 is 0. The summed E-state index contributed by atoms with van der Waals surface area (Å²) in [4.78, 5) is 0. The first-order valence-corrected chi connectivity index (χ1v) is 14.3. The summed E-state index contributed by atoms with van der Waals surface area (Å²) < 4.78 is 5.61. The molecule has 146 valence electrons. The van der Waals surface area contributed by atoms with E-state index in [-0.39, 0.29) is 0 Å². The van der Waals surface area contributed by atoms with Crippen LogP contribution in [0, 0.1) is 0 Å². The average Bonchev–Trinajstić information content (AvgIpc) is 2.57. The van der Waals surface area contributed by atoms with E-state index in [1.807, 2.05) is 7.11 Å². The Morgan fingerprint density at radius 1 is 0.500 bits per heavy atom. The zero-order chi connectivity index (χ0) is 17.9. The molecule has 0 radical (unpaired) electrons. The van der Waals surface area contributed by atoms with Gasteiger partial charge in [0, 0.05) is 7.11 Å². The Balaban J connectivity index is 3.05. The van der Waals surface area contributed by atoms with Crippen molar-refractivity contribution in [2.24, 2.45) is 0 Å². The first-order valence-electron chi connectivity index (χ1n) is 11.2. The third kappa shape index (κ3) is 18.5. The SMILES string of the molecule is CCCCCCCCCCCCCCCCCCC[Si](C)(C)OC. The van der Waals surface area contributed by atoms with E-state index in [4.69, 9.17) is 4.43 Å². The number of rotatable bonds is 19. The van der Waals surface area contributed by atoms with E-state index in [9.17, 15) is 0 Å². The molecule has 0 bridgehead atoms. The molecular formula is C22H48OSi. The summed E-state index contributed by atoms with van der Waals surface area (Å²) in [6.07, 6.45) is 24.7. The molecule has 1 nitrogen and oxygen atoms in total. The Morgan fingerprint density at radius 2 is 0.792 bits per heavy atom. The van der Waals surface area contributed by atoms with E-state index in [1.54, 1.807) is 0 Å². The minimum absolute atomic E-state index is 1.29. The van der Waals surface area contributed by atoms with Crippen molar-refractivity contribution in [2.75, 3.05) is 7.11 Å². The second-order valence-electron chi connectivity index (χ2n) is 8.37. The Hall–Kier alpha value is 0.177. The maximum atomic E-state index is 5.61. The molecule has 0 aliphatic rings. The Labute approximate surface area is 155 Å². The predicted octanol–water partition coefficient (Wildman–Crippen LogP) is 8.49. The van der Waals surface area contributed by atoms with E-state index in [1.165, 1.54) is 115 Å². The lowest BCUT2D eigenvalue weighted by molar-refractivity contribution is 0.400. The van der Waals surface area contributed by atoms with Crippen molar-refractivity contribution in [2.45, 2.75) is 135 Å². The molecular weight excluding hydrogens is 308 g/mol. The van der Waals surface area contributed by atoms with Gasteiger partial charge in [-0.3, -0.25) is 0 Å². The molecule has 0 spiro atoms. The van der Waals surface area contributed by atoms with Crippen molar-refractivity contribution in [1.82, 2.24) is 0 Å². The molecule has 2 heteroatoms. The molecule has 0 aliphatic heterocycles. The van der Waals surface area contributed by atoms with Crippen LogP contribution in [-0.4, -0.2) is 15.4 Å². The summed E-state index contributed by atoms with van der Waals surface area (Å²) in [5.74, 6) is 0. The topological polar surface area (TPSA) is 9.23 Å². The molecule has 0 aromatic carbocycles. The predicted molar refractivity (Wildman–Crippen MR) is 113 cm³/mol. The van der Waals surface area contributed by atoms with Crippen LogP contribution in [0.25, 0.3) is 0 Å². The molecule has 0 fully saturated rings. The summed E-state index contributed by atoms with van der Waals surface area (Å²) in [5, 5.41) is 0.